The Bertz CT molecular complexity index is 394. The Hall–Kier alpha value is -1.78. The van der Waals surface area contributed by atoms with E-state index in [2.05, 4.69) is 0 Å². The number of carboxylic acid groups (broad SMARTS) is 1. The van der Waals surface area contributed by atoms with Crippen LogP contribution in [0.15, 0.2) is 10.9 Å². The Morgan fingerprint density at radius 1 is 1.62 bits per heavy atom. The number of H-pyrrole nitrogens is 1. The fourth-order valence-electron chi connectivity index (χ4n) is 1.12. The molecule has 5 heteroatoms. The van der Waals surface area contributed by atoms with Gasteiger partial charge < -0.3 is 10.2 Å². The molecule has 1 aromatic rings. The lowest BCUT2D eigenvalue weighted by Gasteiger charge is -2.03. The van der Waals surface area contributed by atoms with Gasteiger partial charge in [0.1, 0.15) is 5.56 Å². The van der Waals surface area contributed by atoms with Crippen LogP contribution in [0.25, 0.3) is 0 Å². The van der Waals surface area contributed by atoms with Gasteiger partial charge in [0.15, 0.2) is 0 Å². The van der Waals surface area contributed by atoms with Crippen LogP contribution in [0, 0.1) is 0 Å². The van der Waals surface area contributed by atoms with E-state index in [1.807, 2.05) is 4.98 Å². The van der Waals surface area contributed by atoms with E-state index in [9.17, 15) is 9.59 Å². The molecule has 0 atom stereocenters. The van der Waals surface area contributed by atoms with Crippen LogP contribution < -0.4 is 5.56 Å². The fourth-order valence-corrected chi connectivity index (χ4v) is 1.12. The van der Waals surface area contributed by atoms with E-state index in [1.54, 1.807) is 6.92 Å². The third kappa shape index (κ3) is 1.69. The average molecular weight is 183 g/mol. The predicted octanol–water partition coefficient (Wildman–Crippen LogP) is 0.341. The molecular formula is C8H9NO4. The summed E-state index contributed by atoms with van der Waals surface area (Å²) in [5.41, 5.74) is -0.407. The van der Waals surface area contributed by atoms with Crippen molar-refractivity contribution in [2.24, 2.45) is 0 Å². The zero-order chi connectivity index (χ0) is 10.0. The molecule has 13 heavy (non-hydrogen) atoms. The summed E-state index contributed by atoms with van der Waals surface area (Å²) in [6, 6.07) is 1.17. The molecule has 0 aliphatic rings. The Morgan fingerprint density at radius 2 is 2.23 bits per heavy atom. The van der Waals surface area contributed by atoms with Gasteiger partial charge in [0.05, 0.1) is 0 Å². The van der Waals surface area contributed by atoms with E-state index in [0.717, 1.165) is 0 Å². The first kappa shape index (κ1) is 9.31. The largest absolute Gasteiger partial charge is 0.494 e. The molecule has 70 valence electrons. The van der Waals surface area contributed by atoms with Crippen molar-refractivity contribution in [3.05, 3.63) is 27.5 Å². The summed E-state index contributed by atoms with van der Waals surface area (Å²) >= 11 is 0. The number of aryl methyl sites for hydroxylation is 1. The summed E-state index contributed by atoms with van der Waals surface area (Å²) in [6.45, 7) is 1.71. The van der Waals surface area contributed by atoms with Gasteiger partial charge in [0.2, 0.25) is 5.88 Å². The fraction of sp³-hybridized carbons (Fsp3) is 0.250. The van der Waals surface area contributed by atoms with E-state index in [0.29, 0.717) is 12.0 Å². The number of hydrogen-bond donors (Lipinski definition) is 3. The summed E-state index contributed by atoms with van der Waals surface area (Å²) < 4.78 is 0. The van der Waals surface area contributed by atoms with Crippen molar-refractivity contribution in [3.63, 3.8) is 0 Å². The predicted molar refractivity (Wildman–Crippen MR) is 45.1 cm³/mol. The SMILES string of the molecule is CCc1cc(=O)[nH]c(O)c1C(=O)O. The van der Waals surface area contributed by atoms with Crippen LogP contribution >= 0.6 is 0 Å². The van der Waals surface area contributed by atoms with Gasteiger partial charge in [-0.2, -0.15) is 0 Å². The summed E-state index contributed by atoms with van der Waals surface area (Å²) in [6.07, 6.45) is 0.388. The molecule has 0 bridgehead atoms. The van der Waals surface area contributed by atoms with E-state index in [1.165, 1.54) is 6.07 Å². The van der Waals surface area contributed by atoms with Crippen LogP contribution in [0.4, 0.5) is 0 Å². The molecule has 0 saturated heterocycles. The highest BCUT2D eigenvalue weighted by Gasteiger charge is 2.15. The molecule has 0 saturated carbocycles. The van der Waals surface area contributed by atoms with Crippen molar-refractivity contribution in [2.45, 2.75) is 13.3 Å². The second kappa shape index (κ2) is 3.30. The Kier molecular flexibility index (Phi) is 2.36. The highest BCUT2D eigenvalue weighted by atomic mass is 16.4. The van der Waals surface area contributed by atoms with Gasteiger partial charge in [-0.3, -0.25) is 9.78 Å². The first-order valence-electron chi connectivity index (χ1n) is 3.74. The van der Waals surface area contributed by atoms with Crippen molar-refractivity contribution < 1.29 is 15.0 Å². The smallest absolute Gasteiger partial charge is 0.341 e. The Morgan fingerprint density at radius 3 is 2.69 bits per heavy atom. The van der Waals surface area contributed by atoms with Gasteiger partial charge in [0, 0.05) is 6.07 Å². The second-order valence-corrected chi connectivity index (χ2v) is 2.54. The van der Waals surface area contributed by atoms with Crippen molar-refractivity contribution in [1.29, 1.82) is 0 Å². The molecule has 1 rings (SSSR count). The Labute approximate surface area is 73.7 Å². The number of aromatic hydroxyl groups is 1. The summed E-state index contributed by atoms with van der Waals surface area (Å²) in [4.78, 5) is 23.5. The minimum atomic E-state index is -1.24. The average Bonchev–Trinajstić information content (AvgIpc) is 2.01. The molecule has 1 heterocycles. The van der Waals surface area contributed by atoms with Gasteiger partial charge in [0.25, 0.3) is 5.56 Å². The molecule has 3 N–H and O–H groups in total. The molecule has 0 radical (unpaired) electrons. The topological polar surface area (TPSA) is 90.4 Å². The first-order chi connectivity index (χ1) is 6.06. The Balaban J connectivity index is 3.47. The number of aromatic amines is 1. The quantitative estimate of drug-likeness (QED) is 0.616. The van der Waals surface area contributed by atoms with Gasteiger partial charge >= 0.3 is 5.97 Å². The van der Waals surface area contributed by atoms with Crippen LogP contribution in [-0.2, 0) is 6.42 Å². The highest BCUT2D eigenvalue weighted by Crippen LogP contribution is 2.16. The molecule has 0 spiro atoms. The monoisotopic (exact) mass is 183 g/mol. The van der Waals surface area contributed by atoms with Crippen molar-refractivity contribution in [1.82, 2.24) is 4.98 Å². The zero-order valence-corrected chi connectivity index (χ0v) is 7.00. The number of aromatic nitrogens is 1. The van der Waals surface area contributed by atoms with Crippen LogP contribution in [0.1, 0.15) is 22.8 Å². The van der Waals surface area contributed by atoms with E-state index in [4.69, 9.17) is 10.2 Å². The molecule has 0 unspecified atom stereocenters. The minimum absolute atomic E-state index is 0.234. The van der Waals surface area contributed by atoms with E-state index in [-0.39, 0.29) is 5.56 Å². The lowest BCUT2D eigenvalue weighted by molar-refractivity contribution is 0.0691. The molecule has 0 fully saturated rings. The number of carboxylic acids is 1. The summed E-state index contributed by atoms with van der Waals surface area (Å²) in [5, 5.41) is 17.8. The van der Waals surface area contributed by atoms with Gasteiger partial charge in [-0.05, 0) is 12.0 Å². The number of pyridine rings is 1. The molecule has 5 nitrogen and oxygen atoms in total. The van der Waals surface area contributed by atoms with Gasteiger partial charge in [-0.25, -0.2) is 4.79 Å². The number of nitrogens with one attached hydrogen (secondary N) is 1. The van der Waals surface area contributed by atoms with Gasteiger partial charge in [-0.1, -0.05) is 6.92 Å². The number of rotatable bonds is 2. The van der Waals surface area contributed by atoms with Crippen molar-refractivity contribution in [2.75, 3.05) is 0 Å². The standard InChI is InChI=1S/C8H9NO4/c1-2-4-3-5(10)9-7(11)6(4)8(12)13/h3H,2H2,1H3,(H,12,13)(H2,9,10,11). The maximum absolute atomic E-state index is 10.8. The van der Waals surface area contributed by atoms with Crippen molar-refractivity contribution in [3.8, 4) is 5.88 Å². The molecular weight excluding hydrogens is 174 g/mol. The molecule has 0 aliphatic heterocycles. The van der Waals surface area contributed by atoms with E-state index >= 15 is 0 Å². The molecule has 0 amide bonds. The number of aromatic carboxylic acids is 1. The summed E-state index contributed by atoms with van der Waals surface area (Å²) in [7, 11) is 0. The summed E-state index contributed by atoms with van der Waals surface area (Å²) in [5.74, 6) is -1.83. The lowest BCUT2D eigenvalue weighted by Crippen LogP contribution is -2.12. The van der Waals surface area contributed by atoms with Crippen LogP contribution in [0.5, 0.6) is 5.88 Å². The van der Waals surface area contributed by atoms with Crippen LogP contribution in [0.2, 0.25) is 0 Å². The van der Waals surface area contributed by atoms with E-state index < -0.39 is 17.4 Å². The lowest BCUT2D eigenvalue weighted by atomic mass is 10.1. The molecule has 0 aromatic carbocycles. The third-order valence-corrected chi connectivity index (χ3v) is 1.70. The zero-order valence-electron chi connectivity index (χ0n) is 7.00. The second-order valence-electron chi connectivity index (χ2n) is 2.54. The first-order valence-corrected chi connectivity index (χ1v) is 3.74. The molecule has 1 aromatic heterocycles. The van der Waals surface area contributed by atoms with Crippen LogP contribution in [0.3, 0.4) is 0 Å². The number of hydrogen-bond acceptors (Lipinski definition) is 3. The van der Waals surface area contributed by atoms with Crippen LogP contribution in [-0.4, -0.2) is 21.2 Å². The highest BCUT2D eigenvalue weighted by molar-refractivity contribution is 5.91. The molecule has 0 aliphatic carbocycles. The maximum atomic E-state index is 10.8. The van der Waals surface area contributed by atoms with Gasteiger partial charge in [-0.15, -0.1) is 0 Å². The van der Waals surface area contributed by atoms with Crippen molar-refractivity contribution >= 4 is 5.97 Å². The minimum Gasteiger partial charge on any atom is -0.494 e. The number of carbonyl (C=O) groups is 1. The normalized spacial score (nSPS) is 9.92. The third-order valence-electron chi connectivity index (χ3n) is 1.70. The maximum Gasteiger partial charge on any atom is 0.341 e.